The molecule has 1 N–H and O–H groups in total. The Balaban J connectivity index is 2.16. The summed E-state index contributed by atoms with van der Waals surface area (Å²) in [4.78, 5) is 13.6. The van der Waals surface area contributed by atoms with Crippen LogP contribution in [-0.4, -0.2) is 50.9 Å². The third-order valence-electron chi connectivity index (χ3n) is 5.88. The zero-order valence-electron chi connectivity index (χ0n) is 22.7. The highest BCUT2D eigenvalue weighted by Gasteiger charge is 2.29. The number of ether oxygens (including phenoxy) is 2. The minimum Gasteiger partial charge on any atom is -0.507 e. The molecule has 0 amide bonds. The van der Waals surface area contributed by atoms with Crippen molar-refractivity contribution in [3.05, 3.63) is 53.1 Å². The van der Waals surface area contributed by atoms with Crippen LogP contribution < -0.4 is 9.92 Å². The fraction of sp³-hybridized carbons (Fsp3) is 0.536. The normalized spacial score (nSPS) is 12.7. The lowest BCUT2D eigenvalue weighted by Gasteiger charge is -2.29. The zero-order chi connectivity index (χ0) is 25.9. The van der Waals surface area contributed by atoms with Crippen molar-refractivity contribution in [3.63, 3.8) is 0 Å². The number of aromatic hydroxyl groups is 1. The molecule has 0 saturated heterocycles. The van der Waals surface area contributed by atoms with Crippen LogP contribution in [0.1, 0.15) is 58.2 Å². The largest absolute Gasteiger partial charge is 0.507 e. The van der Waals surface area contributed by atoms with Gasteiger partial charge in [-0.3, -0.25) is 9.69 Å². The first-order chi connectivity index (χ1) is 15.5. The minimum atomic E-state index is -1.89. The molecule has 0 bridgehead atoms. The van der Waals surface area contributed by atoms with Gasteiger partial charge in [-0.1, -0.05) is 84.1 Å². The molecule has 5 nitrogen and oxygen atoms in total. The van der Waals surface area contributed by atoms with Gasteiger partial charge in [-0.05, 0) is 42.6 Å². The van der Waals surface area contributed by atoms with Crippen molar-refractivity contribution >= 4 is 19.2 Å². The predicted molar refractivity (Wildman–Crippen MR) is 143 cm³/mol. The van der Waals surface area contributed by atoms with Gasteiger partial charge in [0.25, 0.3) is 0 Å². The van der Waals surface area contributed by atoms with E-state index in [0.717, 1.165) is 22.4 Å². The Bertz CT molecular complexity index is 948. The van der Waals surface area contributed by atoms with E-state index in [1.165, 1.54) is 5.19 Å². The molecule has 0 aliphatic carbocycles. The van der Waals surface area contributed by atoms with E-state index in [4.69, 9.17) is 9.47 Å². The van der Waals surface area contributed by atoms with Crippen molar-refractivity contribution in [1.29, 1.82) is 0 Å². The van der Waals surface area contributed by atoms with Crippen LogP contribution in [0.25, 0.3) is 0 Å². The van der Waals surface area contributed by atoms with E-state index in [2.05, 4.69) is 66.8 Å². The molecule has 0 atom stereocenters. The molecular formula is C28H43NO4Si. The summed E-state index contributed by atoms with van der Waals surface area (Å²) in [5.41, 5.74) is 2.40. The topological polar surface area (TPSA) is 59.0 Å². The molecule has 34 heavy (non-hydrogen) atoms. The van der Waals surface area contributed by atoms with Gasteiger partial charge in [0, 0.05) is 11.1 Å². The van der Waals surface area contributed by atoms with Crippen molar-refractivity contribution in [2.24, 2.45) is 0 Å². The molecule has 0 aliphatic heterocycles. The molecule has 0 aromatic heterocycles. The Morgan fingerprint density at radius 3 is 1.88 bits per heavy atom. The van der Waals surface area contributed by atoms with Crippen LogP contribution in [0.4, 0.5) is 0 Å². The lowest BCUT2D eigenvalue weighted by molar-refractivity contribution is -0.145. The van der Waals surface area contributed by atoms with Gasteiger partial charge in [0.05, 0.1) is 12.8 Å². The summed E-state index contributed by atoms with van der Waals surface area (Å²) in [6.45, 7) is 17.8. The summed E-state index contributed by atoms with van der Waals surface area (Å²) in [6.07, 6.45) is 0.627. The first-order valence-corrected chi connectivity index (χ1v) is 15.1. The minimum absolute atomic E-state index is 0.192. The number of nitrogens with zero attached hydrogens (tertiary/aromatic N) is 1. The van der Waals surface area contributed by atoms with Crippen LogP contribution in [0.5, 0.6) is 11.5 Å². The number of hydrogen-bond acceptors (Lipinski definition) is 5. The van der Waals surface area contributed by atoms with E-state index in [0.29, 0.717) is 12.0 Å². The molecule has 2 rings (SSSR count). The van der Waals surface area contributed by atoms with Crippen LogP contribution >= 0.6 is 0 Å². The number of rotatable bonds is 8. The summed E-state index contributed by atoms with van der Waals surface area (Å²) in [5, 5.41) is 12.2. The monoisotopic (exact) mass is 485 g/mol. The smallest absolute Gasteiger partial charge is 0.320 e. The molecule has 0 heterocycles. The van der Waals surface area contributed by atoms with Gasteiger partial charge in [0.15, 0.2) is 0 Å². The second kappa shape index (κ2) is 10.5. The van der Waals surface area contributed by atoms with Gasteiger partial charge in [-0.2, -0.15) is 0 Å². The number of phenols is 1. The van der Waals surface area contributed by atoms with Crippen LogP contribution in [0.3, 0.4) is 0 Å². The fourth-order valence-corrected chi connectivity index (χ4v) is 5.46. The quantitative estimate of drug-likeness (QED) is 0.415. The maximum absolute atomic E-state index is 11.8. The average molecular weight is 486 g/mol. The van der Waals surface area contributed by atoms with Gasteiger partial charge in [0.2, 0.25) is 0 Å². The Kier molecular flexibility index (Phi) is 8.65. The maximum Gasteiger partial charge on any atom is 0.320 e. The van der Waals surface area contributed by atoms with Gasteiger partial charge in [0.1, 0.15) is 26.2 Å². The number of esters is 1. The predicted octanol–water partition coefficient (Wildman–Crippen LogP) is 5.13. The van der Waals surface area contributed by atoms with Crippen molar-refractivity contribution in [2.45, 2.75) is 72.1 Å². The maximum atomic E-state index is 11.8. The molecule has 188 valence electrons. The van der Waals surface area contributed by atoms with Gasteiger partial charge < -0.3 is 14.6 Å². The molecule has 0 fully saturated rings. The second-order valence-corrected chi connectivity index (χ2v) is 16.8. The molecule has 0 saturated carbocycles. The fourth-order valence-electron chi connectivity index (χ4n) is 3.70. The number of phenolic OH excluding ortho intramolecular Hbond substituents is 1. The summed E-state index contributed by atoms with van der Waals surface area (Å²) >= 11 is 0. The van der Waals surface area contributed by atoms with Crippen molar-refractivity contribution in [1.82, 2.24) is 4.90 Å². The molecular weight excluding hydrogens is 442 g/mol. The summed E-state index contributed by atoms with van der Waals surface area (Å²) < 4.78 is 11.7. The zero-order valence-corrected chi connectivity index (χ0v) is 23.7. The lowest BCUT2D eigenvalue weighted by atomic mass is 9.79. The molecule has 0 unspecified atom stereocenters. The first kappa shape index (κ1) is 27.9. The number of carbonyl (C=O) groups excluding carboxylic acids is 1. The van der Waals surface area contributed by atoms with Crippen LogP contribution in [0.15, 0.2) is 36.4 Å². The number of likely N-dealkylation sites (N-methyl/N-ethyl adjacent to an activating group) is 1. The number of carbonyl (C=O) groups is 1. The van der Waals surface area contributed by atoms with E-state index in [9.17, 15) is 9.90 Å². The standard InChI is InChI=1S/C28H43NO4Si/c1-27(2,3)23-15-21(16-24(26(23)31)28(4,5)6)33-19-34(9,10)22-13-11-20(12-14-22)18-32-25(30)17-29(7)8/h11-16,31H,17-19H2,1-10H3. The first-order valence-electron chi connectivity index (χ1n) is 11.9. The Morgan fingerprint density at radius 1 is 0.941 bits per heavy atom. The molecule has 2 aromatic rings. The van der Waals surface area contributed by atoms with E-state index in [1.54, 1.807) is 4.90 Å². The van der Waals surface area contributed by atoms with Gasteiger partial charge >= 0.3 is 5.97 Å². The molecule has 0 spiro atoms. The molecule has 2 aromatic carbocycles. The highest BCUT2D eigenvalue weighted by molar-refractivity contribution is 6.89. The molecule has 0 radical (unpaired) electrons. The summed E-state index contributed by atoms with van der Waals surface area (Å²) in [6, 6.07) is 12.3. The molecule has 0 aliphatic rings. The van der Waals surface area contributed by atoms with Crippen LogP contribution in [-0.2, 0) is 27.0 Å². The number of hydrogen-bond donors (Lipinski definition) is 1. The Hall–Kier alpha value is -2.31. The Morgan fingerprint density at radius 2 is 1.44 bits per heavy atom. The van der Waals surface area contributed by atoms with E-state index >= 15 is 0 Å². The van der Waals surface area contributed by atoms with E-state index < -0.39 is 8.07 Å². The third kappa shape index (κ3) is 7.60. The van der Waals surface area contributed by atoms with Crippen molar-refractivity contribution < 1.29 is 19.4 Å². The van der Waals surface area contributed by atoms with Gasteiger partial charge in [-0.25, -0.2) is 0 Å². The van der Waals surface area contributed by atoms with Crippen molar-refractivity contribution in [2.75, 3.05) is 26.9 Å². The average Bonchev–Trinajstić information content (AvgIpc) is 2.69. The third-order valence-corrected chi connectivity index (χ3v) is 8.64. The Labute approximate surface area is 207 Å². The van der Waals surface area contributed by atoms with E-state index in [1.807, 2.05) is 38.4 Å². The van der Waals surface area contributed by atoms with Crippen LogP contribution in [0, 0.1) is 0 Å². The highest BCUT2D eigenvalue weighted by atomic mass is 28.3. The molecule has 6 heteroatoms. The lowest BCUT2D eigenvalue weighted by Crippen LogP contribution is -2.47. The van der Waals surface area contributed by atoms with Crippen LogP contribution in [0.2, 0.25) is 13.1 Å². The van der Waals surface area contributed by atoms with E-state index in [-0.39, 0.29) is 30.0 Å². The second-order valence-electron chi connectivity index (χ2n) is 12.1. The van der Waals surface area contributed by atoms with Crippen molar-refractivity contribution in [3.8, 4) is 11.5 Å². The summed E-state index contributed by atoms with van der Waals surface area (Å²) in [5.74, 6) is 0.943. The highest BCUT2D eigenvalue weighted by Crippen LogP contribution is 2.41. The number of benzene rings is 2. The SMILES string of the molecule is CN(C)CC(=O)OCc1ccc([Si](C)(C)COc2cc(C(C)(C)C)c(O)c(C(C)(C)C)c2)cc1. The van der Waals surface area contributed by atoms with Gasteiger partial charge in [-0.15, -0.1) is 0 Å². The summed E-state index contributed by atoms with van der Waals surface area (Å²) in [7, 11) is 1.80.